The molecule has 170 valence electrons. The minimum Gasteiger partial charge on any atom is -0.395 e. The van der Waals surface area contributed by atoms with E-state index in [0.717, 1.165) is 36.9 Å². The summed E-state index contributed by atoms with van der Waals surface area (Å²) in [5.41, 5.74) is 0.639. The van der Waals surface area contributed by atoms with Gasteiger partial charge in [-0.15, -0.1) is 11.3 Å². The molecular formula is C20H24ClN7O2S2. The predicted molar refractivity (Wildman–Crippen MR) is 130 cm³/mol. The maximum Gasteiger partial charge on any atom is 0.267 e. The van der Waals surface area contributed by atoms with E-state index in [0.29, 0.717) is 38.9 Å². The van der Waals surface area contributed by atoms with Gasteiger partial charge in [-0.25, -0.2) is 15.0 Å². The lowest BCUT2D eigenvalue weighted by atomic mass is 10.3. The van der Waals surface area contributed by atoms with Crippen LogP contribution in [0.15, 0.2) is 17.6 Å². The van der Waals surface area contributed by atoms with Crippen molar-refractivity contribution in [1.82, 2.24) is 19.9 Å². The number of nitrogens with one attached hydrogen (secondary N) is 2. The number of carbonyl (C=O) groups excluding carboxylic acids is 1. The van der Waals surface area contributed by atoms with E-state index in [9.17, 15) is 4.79 Å². The zero-order valence-corrected chi connectivity index (χ0v) is 20.1. The number of amides is 1. The Bertz CT molecular complexity index is 1080. The fourth-order valence-electron chi connectivity index (χ4n) is 3.42. The highest BCUT2D eigenvalue weighted by atomic mass is 35.5. The third kappa shape index (κ3) is 5.36. The molecule has 0 radical (unpaired) electrons. The summed E-state index contributed by atoms with van der Waals surface area (Å²) < 4.78 is 0. The van der Waals surface area contributed by atoms with Crippen molar-refractivity contribution >= 4 is 62.6 Å². The SMILES string of the molecule is Cc1nc(Nc2ncc(C(=O)Nc3c(Cl)csc3C)s2)cc(N2CCN(CCO)CC2)n1. The number of carbonyl (C=O) groups is 1. The van der Waals surface area contributed by atoms with Crippen LogP contribution in [0.3, 0.4) is 0 Å². The molecule has 1 aliphatic rings. The van der Waals surface area contributed by atoms with Gasteiger partial charge in [-0.05, 0) is 13.8 Å². The summed E-state index contributed by atoms with van der Waals surface area (Å²) in [5, 5.41) is 18.1. The lowest BCUT2D eigenvalue weighted by molar-refractivity contribution is 0.103. The molecule has 0 aliphatic carbocycles. The molecule has 12 heteroatoms. The van der Waals surface area contributed by atoms with E-state index in [1.165, 1.54) is 28.9 Å². The van der Waals surface area contributed by atoms with Crippen molar-refractivity contribution in [3.05, 3.63) is 38.2 Å². The predicted octanol–water partition coefficient (Wildman–Crippen LogP) is 3.38. The largest absolute Gasteiger partial charge is 0.395 e. The van der Waals surface area contributed by atoms with Crippen LogP contribution < -0.4 is 15.5 Å². The summed E-state index contributed by atoms with van der Waals surface area (Å²) in [6.45, 7) is 8.06. The molecule has 0 aromatic carbocycles. The Morgan fingerprint density at radius 3 is 2.72 bits per heavy atom. The van der Waals surface area contributed by atoms with Crippen molar-refractivity contribution in [2.45, 2.75) is 13.8 Å². The van der Waals surface area contributed by atoms with Crippen molar-refractivity contribution in [3.63, 3.8) is 0 Å². The number of aliphatic hydroxyl groups excluding tert-OH is 1. The van der Waals surface area contributed by atoms with Crippen LogP contribution in [0.4, 0.5) is 22.5 Å². The van der Waals surface area contributed by atoms with Gasteiger partial charge in [-0.2, -0.15) is 0 Å². The number of piperazine rings is 1. The van der Waals surface area contributed by atoms with E-state index < -0.39 is 0 Å². The normalized spacial score (nSPS) is 14.6. The highest BCUT2D eigenvalue weighted by Gasteiger charge is 2.19. The molecule has 0 saturated carbocycles. The number of halogens is 1. The maximum atomic E-state index is 12.6. The monoisotopic (exact) mass is 493 g/mol. The third-order valence-electron chi connectivity index (χ3n) is 5.07. The van der Waals surface area contributed by atoms with E-state index in [1.807, 2.05) is 19.9 Å². The number of hydrogen-bond donors (Lipinski definition) is 3. The lowest BCUT2D eigenvalue weighted by Crippen LogP contribution is -2.47. The first kappa shape index (κ1) is 22.9. The number of rotatable bonds is 7. The van der Waals surface area contributed by atoms with E-state index >= 15 is 0 Å². The van der Waals surface area contributed by atoms with Crippen LogP contribution in [0.5, 0.6) is 0 Å². The van der Waals surface area contributed by atoms with Gasteiger partial charge in [0.25, 0.3) is 5.91 Å². The molecule has 3 N–H and O–H groups in total. The fourth-order valence-corrected chi connectivity index (χ4v) is 5.19. The molecule has 1 fully saturated rings. The van der Waals surface area contributed by atoms with Gasteiger partial charge in [0, 0.05) is 49.0 Å². The Balaban J connectivity index is 1.42. The van der Waals surface area contributed by atoms with Gasteiger partial charge in [0.1, 0.15) is 22.3 Å². The second kappa shape index (κ2) is 10.1. The van der Waals surface area contributed by atoms with Gasteiger partial charge in [-0.1, -0.05) is 22.9 Å². The lowest BCUT2D eigenvalue weighted by Gasteiger charge is -2.35. The summed E-state index contributed by atoms with van der Waals surface area (Å²) in [5.74, 6) is 1.88. The summed E-state index contributed by atoms with van der Waals surface area (Å²) >= 11 is 8.88. The van der Waals surface area contributed by atoms with E-state index in [2.05, 4.69) is 35.4 Å². The molecule has 3 aromatic heterocycles. The topological polar surface area (TPSA) is 107 Å². The minimum absolute atomic E-state index is 0.175. The average Bonchev–Trinajstić information content (AvgIpc) is 3.36. The van der Waals surface area contributed by atoms with E-state index in [-0.39, 0.29) is 12.5 Å². The Kier molecular flexibility index (Phi) is 7.21. The number of aromatic nitrogens is 3. The van der Waals surface area contributed by atoms with Crippen LogP contribution in [0.2, 0.25) is 5.02 Å². The number of aryl methyl sites for hydroxylation is 2. The Labute approximate surface area is 199 Å². The van der Waals surface area contributed by atoms with E-state index in [4.69, 9.17) is 16.7 Å². The number of hydrogen-bond acceptors (Lipinski definition) is 10. The fraction of sp³-hybridized carbons (Fsp3) is 0.400. The zero-order valence-electron chi connectivity index (χ0n) is 17.8. The molecule has 9 nitrogen and oxygen atoms in total. The molecule has 0 bridgehead atoms. The van der Waals surface area contributed by atoms with Crippen LogP contribution >= 0.6 is 34.3 Å². The van der Waals surface area contributed by atoms with Gasteiger partial charge >= 0.3 is 0 Å². The van der Waals surface area contributed by atoms with Crippen LogP contribution in [0, 0.1) is 13.8 Å². The van der Waals surface area contributed by atoms with Crippen molar-refractivity contribution in [2.24, 2.45) is 0 Å². The zero-order chi connectivity index (χ0) is 22.7. The molecule has 3 aromatic rings. The van der Waals surface area contributed by atoms with Gasteiger partial charge in [0.2, 0.25) is 0 Å². The van der Waals surface area contributed by atoms with Crippen LogP contribution in [-0.4, -0.2) is 70.2 Å². The minimum atomic E-state index is -0.251. The van der Waals surface area contributed by atoms with Gasteiger partial charge < -0.3 is 20.6 Å². The maximum absolute atomic E-state index is 12.6. The van der Waals surface area contributed by atoms with Crippen molar-refractivity contribution in [3.8, 4) is 0 Å². The third-order valence-corrected chi connectivity index (χ3v) is 7.32. The standard InChI is InChI=1S/C20H24ClN7O2S2/c1-12-18(14(21)11-31-12)26-19(30)15-10-22-20(32-15)25-16-9-17(24-13(2)23-16)28-5-3-27(4-6-28)7-8-29/h9-11,29H,3-8H2,1-2H3,(H,26,30)(H,22,23,24,25). The van der Waals surface area contributed by atoms with Crippen molar-refractivity contribution < 1.29 is 9.90 Å². The quantitative estimate of drug-likeness (QED) is 0.460. The molecule has 4 heterocycles. The first-order chi connectivity index (χ1) is 15.4. The number of thiazole rings is 1. The molecule has 32 heavy (non-hydrogen) atoms. The Hall–Kier alpha value is -2.31. The molecule has 4 rings (SSSR count). The highest BCUT2D eigenvalue weighted by Crippen LogP contribution is 2.32. The second-order valence-corrected chi connectivity index (χ2v) is 9.86. The molecule has 1 saturated heterocycles. The average molecular weight is 494 g/mol. The molecule has 0 spiro atoms. The number of nitrogens with zero attached hydrogens (tertiary/aromatic N) is 5. The molecular weight excluding hydrogens is 470 g/mol. The first-order valence-electron chi connectivity index (χ1n) is 10.1. The number of aliphatic hydroxyl groups is 1. The van der Waals surface area contributed by atoms with Gasteiger partial charge in [0.15, 0.2) is 5.13 Å². The number of anilines is 4. The van der Waals surface area contributed by atoms with Crippen molar-refractivity contribution in [2.75, 3.05) is 54.9 Å². The van der Waals surface area contributed by atoms with Gasteiger partial charge in [0.05, 0.1) is 23.5 Å². The Morgan fingerprint density at radius 2 is 2.03 bits per heavy atom. The summed E-state index contributed by atoms with van der Waals surface area (Å²) in [4.78, 5) is 31.8. The summed E-state index contributed by atoms with van der Waals surface area (Å²) in [7, 11) is 0. The van der Waals surface area contributed by atoms with Crippen LogP contribution in [0.1, 0.15) is 20.4 Å². The smallest absolute Gasteiger partial charge is 0.267 e. The van der Waals surface area contributed by atoms with Gasteiger partial charge in [-0.3, -0.25) is 9.69 Å². The Morgan fingerprint density at radius 1 is 1.25 bits per heavy atom. The molecule has 1 amide bonds. The highest BCUT2D eigenvalue weighted by molar-refractivity contribution is 7.17. The first-order valence-corrected chi connectivity index (χ1v) is 12.2. The van der Waals surface area contributed by atoms with Crippen molar-refractivity contribution in [1.29, 1.82) is 0 Å². The number of β-amino-alcohol motifs (C(OH)–C–C–N with tert-alkyl or cyclic N) is 1. The van der Waals surface area contributed by atoms with Crippen LogP contribution in [0.25, 0.3) is 0 Å². The molecule has 0 atom stereocenters. The summed E-state index contributed by atoms with van der Waals surface area (Å²) in [6.07, 6.45) is 1.53. The molecule has 1 aliphatic heterocycles. The van der Waals surface area contributed by atoms with Crippen LogP contribution in [-0.2, 0) is 0 Å². The molecule has 0 unspecified atom stereocenters. The second-order valence-electron chi connectivity index (χ2n) is 7.33. The number of thiophene rings is 1. The van der Waals surface area contributed by atoms with E-state index in [1.54, 1.807) is 5.38 Å². The summed E-state index contributed by atoms with van der Waals surface area (Å²) in [6, 6.07) is 1.89.